The standard InChI is InChI=1S/C13H12BFN4O4/c14-9-5-7(1-2-10(9)15)16-12(17-20)11-13(19-23-18-11)22-8-3-4-21-6-8/h1-2,5,8,20H,3-4,6H2,(H,16,17). The van der Waals surface area contributed by atoms with E-state index in [4.69, 9.17) is 17.3 Å². The molecule has 1 aliphatic rings. The summed E-state index contributed by atoms with van der Waals surface area (Å²) >= 11 is 0. The Morgan fingerprint density at radius 1 is 1.48 bits per heavy atom. The number of halogens is 1. The summed E-state index contributed by atoms with van der Waals surface area (Å²) in [5, 5.41) is 16.6. The molecule has 3 rings (SSSR count). The lowest BCUT2D eigenvalue weighted by atomic mass is 9.95. The molecule has 1 fully saturated rings. The molecule has 1 aromatic heterocycles. The van der Waals surface area contributed by atoms with Crippen LogP contribution in [0.2, 0.25) is 0 Å². The van der Waals surface area contributed by atoms with Gasteiger partial charge >= 0.3 is 0 Å². The number of nitrogens with one attached hydrogen (secondary N) is 1. The van der Waals surface area contributed by atoms with Crippen molar-refractivity contribution in [2.75, 3.05) is 13.2 Å². The van der Waals surface area contributed by atoms with E-state index in [1.54, 1.807) is 0 Å². The second kappa shape index (κ2) is 6.76. The van der Waals surface area contributed by atoms with Gasteiger partial charge in [0.1, 0.15) is 19.8 Å². The van der Waals surface area contributed by atoms with E-state index in [0.717, 1.165) is 6.07 Å². The predicted octanol–water partition coefficient (Wildman–Crippen LogP) is 0.227. The summed E-state index contributed by atoms with van der Waals surface area (Å²) in [6.45, 7) is 1.03. The van der Waals surface area contributed by atoms with Gasteiger partial charge in [0.15, 0.2) is 5.84 Å². The highest BCUT2D eigenvalue weighted by Crippen LogP contribution is 2.20. The molecule has 0 amide bonds. The van der Waals surface area contributed by atoms with Crippen LogP contribution < -0.4 is 15.7 Å². The van der Waals surface area contributed by atoms with Crippen LogP contribution in [0.5, 0.6) is 5.88 Å². The number of amidine groups is 1. The van der Waals surface area contributed by atoms with Gasteiger partial charge in [0, 0.05) is 6.42 Å². The van der Waals surface area contributed by atoms with Crippen LogP contribution in [0.4, 0.5) is 10.1 Å². The largest absolute Gasteiger partial charge is 0.468 e. The van der Waals surface area contributed by atoms with Crippen LogP contribution in [0.3, 0.4) is 0 Å². The third-order valence-electron chi connectivity index (χ3n) is 3.18. The average Bonchev–Trinajstić information content (AvgIpc) is 3.21. The maximum atomic E-state index is 13.2. The summed E-state index contributed by atoms with van der Waals surface area (Å²) in [5.74, 6) is -0.571. The SMILES string of the molecule is [B]c1cc(N=C(NO)c2nonc2OC2CCOC2)ccc1F. The first kappa shape index (κ1) is 15.4. The third-order valence-corrected chi connectivity index (χ3v) is 3.18. The van der Waals surface area contributed by atoms with Gasteiger partial charge in [-0.3, -0.25) is 10.7 Å². The van der Waals surface area contributed by atoms with E-state index in [1.807, 2.05) is 5.48 Å². The first-order valence-electron chi connectivity index (χ1n) is 6.78. The molecule has 1 aromatic carbocycles. The van der Waals surface area contributed by atoms with E-state index >= 15 is 0 Å². The zero-order valence-corrected chi connectivity index (χ0v) is 11.9. The van der Waals surface area contributed by atoms with Crippen LogP contribution in [0.25, 0.3) is 0 Å². The van der Waals surface area contributed by atoms with Gasteiger partial charge < -0.3 is 9.47 Å². The quantitative estimate of drug-likeness (QED) is 0.360. The van der Waals surface area contributed by atoms with Crippen LogP contribution in [0.1, 0.15) is 12.1 Å². The molecule has 2 aromatic rings. The number of benzene rings is 1. The van der Waals surface area contributed by atoms with Crippen LogP contribution in [0.15, 0.2) is 27.8 Å². The lowest BCUT2D eigenvalue weighted by Crippen LogP contribution is -2.23. The first-order chi connectivity index (χ1) is 11.2. The minimum absolute atomic E-state index is 0.0656. The Morgan fingerprint density at radius 3 is 3.04 bits per heavy atom. The molecule has 0 bridgehead atoms. The van der Waals surface area contributed by atoms with Crippen molar-refractivity contribution in [2.24, 2.45) is 4.99 Å². The van der Waals surface area contributed by atoms with Crippen molar-refractivity contribution in [3.63, 3.8) is 0 Å². The molecular formula is C13H12BFN4O4. The Balaban J connectivity index is 1.86. The van der Waals surface area contributed by atoms with Crippen molar-refractivity contribution >= 4 is 24.8 Å². The molecule has 0 aliphatic carbocycles. The molecular weight excluding hydrogens is 306 g/mol. The van der Waals surface area contributed by atoms with Crippen molar-refractivity contribution in [2.45, 2.75) is 12.5 Å². The smallest absolute Gasteiger partial charge is 0.287 e. The van der Waals surface area contributed by atoms with E-state index < -0.39 is 5.82 Å². The number of aromatic nitrogens is 2. The number of ether oxygens (including phenoxy) is 2. The molecule has 2 N–H and O–H groups in total. The highest BCUT2D eigenvalue weighted by molar-refractivity contribution is 6.32. The summed E-state index contributed by atoms with van der Waals surface area (Å²) < 4.78 is 28.6. The van der Waals surface area contributed by atoms with E-state index in [1.165, 1.54) is 12.1 Å². The zero-order chi connectivity index (χ0) is 16.2. The Hall–Kier alpha value is -2.46. The molecule has 1 saturated heterocycles. The van der Waals surface area contributed by atoms with E-state index in [9.17, 15) is 9.60 Å². The Bertz CT molecular complexity index is 718. The van der Waals surface area contributed by atoms with Crippen LogP contribution >= 0.6 is 0 Å². The summed E-state index contributed by atoms with van der Waals surface area (Å²) in [5.41, 5.74) is 2.20. The lowest BCUT2D eigenvalue weighted by Gasteiger charge is -2.09. The average molecular weight is 318 g/mol. The number of nitrogens with zero attached hydrogens (tertiary/aromatic N) is 3. The van der Waals surface area contributed by atoms with Crippen LogP contribution in [-0.4, -0.2) is 48.5 Å². The van der Waals surface area contributed by atoms with Crippen LogP contribution in [0, 0.1) is 5.82 Å². The summed E-state index contributed by atoms with van der Waals surface area (Å²) in [6, 6.07) is 3.87. The monoisotopic (exact) mass is 318 g/mol. The van der Waals surface area contributed by atoms with E-state index in [2.05, 4.69) is 19.9 Å². The Kier molecular flexibility index (Phi) is 4.53. The number of hydrogen-bond acceptors (Lipinski definition) is 7. The van der Waals surface area contributed by atoms with Crippen molar-refractivity contribution < 1.29 is 23.7 Å². The second-order valence-electron chi connectivity index (χ2n) is 4.80. The fourth-order valence-corrected chi connectivity index (χ4v) is 2.03. The number of aliphatic imine (C=N–C) groups is 1. The van der Waals surface area contributed by atoms with E-state index in [0.29, 0.717) is 25.3 Å². The molecule has 23 heavy (non-hydrogen) atoms. The topological polar surface area (TPSA) is 102 Å². The molecule has 0 spiro atoms. The van der Waals surface area contributed by atoms with E-state index in [-0.39, 0.29) is 29.0 Å². The van der Waals surface area contributed by atoms with Gasteiger partial charge in [-0.05, 0) is 28.5 Å². The van der Waals surface area contributed by atoms with Gasteiger partial charge in [0.25, 0.3) is 5.88 Å². The van der Waals surface area contributed by atoms with Crippen molar-refractivity contribution in [1.82, 2.24) is 15.8 Å². The van der Waals surface area contributed by atoms with Gasteiger partial charge in [-0.2, -0.15) is 0 Å². The normalized spacial score (nSPS) is 18.2. The second-order valence-corrected chi connectivity index (χ2v) is 4.80. The van der Waals surface area contributed by atoms with Gasteiger partial charge in [-0.15, -0.1) is 0 Å². The predicted molar refractivity (Wildman–Crippen MR) is 77.1 cm³/mol. The molecule has 1 unspecified atom stereocenters. The minimum atomic E-state index is -0.559. The highest BCUT2D eigenvalue weighted by atomic mass is 19.1. The third kappa shape index (κ3) is 3.49. The Labute approximate surface area is 131 Å². The van der Waals surface area contributed by atoms with Crippen molar-refractivity contribution in [1.29, 1.82) is 0 Å². The Morgan fingerprint density at radius 2 is 2.35 bits per heavy atom. The lowest BCUT2D eigenvalue weighted by molar-refractivity contribution is 0.133. The molecule has 2 radical (unpaired) electrons. The minimum Gasteiger partial charge on any atom is -0.468 e. The molecule has 2 heterocycles. The molecule has 0 saturated carbocycles. The maximum Gasteiger partial charge on any atom is 0.287 e. The van der Waals surface area contributed by atoms with Gasteiger partial charge in [-0.25, -0.2) is 14.0 Å². The number of hydrogen-bond donors (Lipinski definition) is 2. The summed E-state index contributed by atoms with van der Waals surface area (Å²) in [7, 11) is 5.48. The fourth-order valence-electron chi connectivity index (χ4n) is 2.03. The summed E-state index contributed by atoms with van der Waals surface area (Å²) in [4.78, 5) is 4.09. The first-order valence-corrected chi connectivity index (χ1v) is 6.78. The fraction of sp³-hybridized carbons (Fsp3) is 0.308. The van der Waals surface area contributed by atoms with Crippen molar-refractivity contribution in [3.05, 3.63) is 29.7 Å². The van der Waals surface area contributed by atoms with Gasteiger partial charge in [0.2, 0.25) is 5.69 Å². The summed E-state index contributed by atoms with van der Waals surface area (Å²) in [6.07, 6.45) is 0.530. The van der Waals surface area contributed by atoms with Gasteiger partial charge in [-0.1, -0.05) is 5.46 Å². The van der Waals surface area contributed by atoms with Crippen LogP contribution in [-0.2, 0) is 4.74 Å². The number of rotatable bonds is 4. The maximum absolute atomic E-state index is 13.2. The van der Waals surface area contributed by atoms with Crippen molar-refractivity contribution in [3.8, 4) is 5.88 Å². The molecule has 1 atom stereocenters. The zero-order valence-electron chi connectivity index (χ0n) is 11.9. The highest BCUT2D eigenvalue weighted by Gasteiger charge is 2.24. The molecule has 10 heteroatoms. The molecule has 118 valence electrons. The molecule has 8 nitrogen and oxygen atoms in total. The number of hydroxylamine groups is 1. The van der Waals surface area contributed by atoms with Gasteiger partial charge in [0.05, 0.1) is 18.9 Å². The molecule has 1 aliphatic heterocycles.